The van der Waals surface area contributed by atoms with Crippen molar-refractivity contribution < 1.29 is 14.0 Å². The molecule has 0 aromatic heterocycles. The summed E-state index contributed by atoms with van der Waals surface area (Å²) in [5.41, 5.74) is 0.985. The van der Waals surface area contributed by atoms with Crippen LogP contribution in [0.4, 0.5) is 10.1 Å². The zero-order valence-corrected chi connectivity index (χ0v) is 13.2. The second-order valence-electron chi connectivity index (χ2n) is 4.60. The zero-order valence-electron chi connectivity index (χ0n) is 11.6. The van der Waals surface area contributed by atoms with Crippen LogP contribution in [0, 0.1) is 5.82 Å². The summed E-state index contributed by atoms with van der Waals surface area (Å²) in [7, 11) is 0. The van der Waals surface area contributed by atoms with E-state index in [0.29, 0.717) is 11.3 Å². The van der Waals surface area contributed by atoms with E-state index in [9.17, 15) is 14.0 Å². The Morgan fingerprint density at radius 2 is 1.68 bits per heavy atom. The molecule has 0 radical (unpaired) electrons. The molecule has 2 aromatic rings. The van der Waals surface area contributed by atoms with Crippen molar-refractivity contribution in [3.8, 4) is 0 Å². The summed E-state index contributed by atoms with van der Waals surface area (Å²) in [6.07, 6.45) is -0.315. The summed E-state index contributed by atoms with van der Waals surface area (Å²) in [4.78, 5) is 23.4. The Labute approximate surface area is 135 Å². The van der Waals surface area contributed by atoms with Crippen LogP contribution in [0.5, 0.6) is 0 Å². The van der Waals surface area contributed by atoms with Gasteiger partial charge in [-0.15, -0.1) is 0 Å². The fourth-order valence-corrected chi connectivity index (χ4v) is 2.05. The molecule has 0 atom stereocenters. The Morgan fingerprint density at radius 3 is 2.36 bits per heavy atom. The maximum atomic E-state index is 13.4. The first kappa shape index (κ1) is 16.2. The molecule has 0 aliphatic rings. The van der Waals surface area contributed by atoms with Gasteiger partial charge >= 0.3 is 0 Å². The largest absolute Gasteiger partial charge is 0.351 e. The van der Waals surface area contributed by atoms with E-state index in [1.54, 1.807) is 42.5 Å². The lowest BCUT2D eigenvalue weighted by atomic mass is 10.2. The predicted molar refractivity (Wildman–Crippen MR) is 85.6 cm³/mol. The third-order valence-corrected chi connectivity index (χ3v) is 3.41. The molecular formula is C16H14BrFN2O2. The minimum Gasteiger partial charge on any atom is -0.351 e. The molecule has 22 heavy (non-hydrogen) atoms. The Hall–Kier alpha value is -2.21. The number of carbonyl (C=O) groups is 2. The Kier molecular flexibility index (Phi) is 5.66. The highest BCUT2D eigenvalue weighted by atomic mass is 79.9. The number of hydrogen-bond donors (Lipinski definition) is 2. The third kappa shape index (κ3) is 4.96. The molecule has 0 aliphatic heterocycles. The molecule has 0 saturated heterocycles. The van der Waals surface area contributed by atoms with Crippen molar-refractivity contribution in [2.75, 3.05) is 5.32 Å². The van der Waals surface area contributed by atoms with Gasteiger partial charge in [0.05, 0.1) is 0 Å². The number of halogens is 2. The quantitative estimate of drug-likeness (QED) is 0.800. The van der Waals surface area contributed by atoms with Gasteiger partial charge < -0.3 is 10.6 Å². The van der Waals surface area contributed by atoms with E-state index < -0.39 is 11.8 Å². The number of nitrogens with one attached hydrogen (secondary N) is 2. The van der Waals surface area contributed by atoms with Crippen molar-refractivity contribution in [3.63, 3.8) is 0 Å². The first-order valence-electron chi connectivity index (χ1n) is 6.60. The first-order valence-corrected chi connectivity index (χ1v) is 7.39. The standard InChI is InChI=1S/C16H14BrFN2O2/c17-12-5-7-13(8-6-12)20-16(22)9-15(21)19-10-11-3-1-2-4-14(11)18/h1-8H,9-10H2,(H,19,21)(H,20,22). The lowest BCUT2D eigenvalue weighted by Crippen LogP contribution is -2.28. The molecule has 2 aromatic carbocycles. The van der Waals surface area contributed by atoms with Crippen LogP contribution in [0.25, 0.3) is 0 Å². The minimum absolute atomic E-state index is 0.0526. The van der Waals surface area contributed by atoms with Crippen LogP contribution in [0.1, 0.15) is 12.0 Å². The van der Waals surface area contributed by atoms with Gasteiger partial charge in [-0.1, -0.05) is 34.1 Å². The molecule has 114 valence electrons. The predicted octanol–water partition coefficient (Wildman–Crippen LogP) is 3.23. The molecule has 0 spiro atoms. The fourth-order valence-electron chi connectivity index (χ4n) is 1.78. The Bertz CT molecular complexity index is 674. The van der Waals surface area contributed by atoms with Crippen LogP contribution in [-0.4, -0.2) is 11.8 Å². The van der Waals surface area contributed by atoms with E-state index in [1.807, 2.05) is 0 Å². The molecule has 6 heteroatoms. The first-order chi connectivity index (χ1) is 10.5. The van der Waals surface area contributed by atoms with E-state index in [0.717, 1.165) is 4.47 Å². The summed E-state index contributed by atoms with van der Waals surface area (Å²) in [6.45, 7) is 0.0526. The topological polar surface area (TPSA) is 58.2 Å². The average Bonchev–Trinajstić information content (AvgIpc) is 2.49. The highest BCUT2D eigenvalue weighted by molar-refractivity contribution is 9.10. The Balaban J connectivity index is 1.80. The van der Waals surface area contributed by atoms with Crippen molar-refractivity contribution in [2.45, 2.75) is 13.0 Å². The molecule has 0 heterocycles. The minimum atomic E-state index is -0.460. The van der Waals surface area contributed by atoms with Gasteiger partial charge in [0.2, 0.25) is 11.8 Å². The smallest absolute Gasteiger partial charge is 0.233 e. The van der Waals surface area contributed by atoms with E-state index in [1.165, 1.54) is 6.07 Å². The maximum absolute atomic E-state index is 13.4. The number of carbonyl (C=O) groups excluding carboxylic acids is 2. The van der Waals surface area contributed by atoms with Crippen LogP contribution in [0.15, 0.2) is 53.0 Å². The zero-order chi connectivity index (χ0) is 15.9. The van der Waals surface area contributed by atoms with Gasteiger partial charge in [-0.3, -0.25) is 9.59 Å². The van der Waals surface area contributed by atoms with E-state index in [2.05, 4.69) is 26.6 Å². The van der Waals surface area contributed by atoms with Gasteiger partial charge in [0.1, 0.15) is 12.2 Å². The fraction of sp³-hybridized carbons (Fsp3) is 0.125. The number of amides is 2. The van der Waals surface area contributed by atoms with Crippen molar-refractivity contribution >= 4 is 33.4 Å². The summed E-state index contributed by atoms with van der Waals surface area (Å²) in [6, 6.07) is 13.2. The molecule has 4 nitrogen and oxygen atoms in total. The second kappa shape index (κ2) is 7.70. The van der Waals surface area contributed by atoms with Gasteiger partial charge in [0, 0.05) is 22.3 Å². The number of benzene rings is 2. The third-order valence-electron chi connectivity index (χ3n) is 2.88. The van der Waals surface area contributed by atoms with Crippen LogP contribution in [0.3, 0.4) is 0 Å². The molecule has 2 rings (SSSR count). The van der Waals surface area contributed by atoms with Crippen molar-refractivity contribution in [1.29, 1.82) is 0 Å². The van der Waals surface area contributed by atoms with Crippen LogP contribution >= 0.6 is 15.9 Å². The maximum Gasteiger partial charge on any atom is 0.233 e. The normalized spacial score (nSPS) is 10.1. The SMILES string of the molecule is O=C(CC(=O)Nc1ccc(Br)cc1)NCc1ccccc1F. The molecule has 0 aliphatic carbocycles. The lowest BCUT2D eigenvalue weighted by Gasteiger charge is -2.07. The monoisotopic (exact) mass is 364 g/mol. The molecule has 0 fully saturated rings. The number of anilines is 1. The molecule has 2 N–H and O–H groups in total. The molecule has 2 amide bonds. The van der Waals surface area contributed by atoms with Gasteiger partial charge in [-0.2, -0.15) is 0 Å². The van der Waals surface area contributed by atoms with E-state index in [-0.39, 0.29) is 18.8 Å². The van der Waals surface area contributed by atoms with Crippen molar-refractivity contribution in [3.05, 3.63) is 64.4 Å². The number of hydrogen-bond acceptors (Lipinski definition) is 2. The van der Waals surface area contributed by atoms with E-state index in [4.69, 9.17) is 0 Å². The van der Waals surface area contributed by atoms with Crippen LogP contribution in [-0.2, 0) is 16.1 Å². The van der Waals surface area contributed by atoms with Gasteiger partial charge in [0.15, 0.2) is 0 Å². The summed E-state index contributed by atoms with van der Waals surface area (Å²) >= 11 is 3.29. The lowest BCUT2D eigenvalue weighted by molar-refractivity contribution is -0.126. The van der Waals surface area contributed by atoms with Gasteiger partial charge in [0.25, 0.3) is 0 Å². The average molecular weight is 365 g/mol. The van der Waals surface area contributed by atoms with Crippen LogP contribution in [0.2, 0.25) is 0 Å². The van der Waals surface area contributed by atoms with E-state index >= 15 is 0 Å². The molecule has 0 bridgehead atoms. The van der Waals surface area contributed by atoms with Crippen molar-refractivity contribution in [2.24, 2.45) is 0 Å². The second-order valence-corrected chi connectivity index (χ2v) is 5.52. The highest BCUT2D eigenvalue weighted by Crippen LogP contribution is 2.14. The van der Waals surface area contributed by atoms with Crippen molar-refractivity contribution in [1.82, 2.24) is 5.32 Å². The summed E-state index contributed by atoms with van der Waals surface area (Å²) in [5.74, 6) is -1.27. The molecular weight excluding hydrogens is 351 g/mol. The number of rotatable bonds is 5. The highest BCUT2D eigenvalue weighted by Gasteiger charge is 2.10. The van der Waals surface area contributed by atoms with Gasteiger partial charge in [-0.25, -0.2) is 4.39 Å². The Morgan fingerprint density at radius 1 is 1.00 bits per heavy atom. The molecule has 0 unspecified atom stereocenters. The molecule has 0 saturated carbocycles. The van der Waals surface area contributed by atoms with Crippen LogP contribution < -0.4 is 10.6 Å². The summed E-state index contributed by atoms with van der Waals surface area (Å²) < 4.78 is 14.3. The summed E-state index contributed by atoms with van der Waals surface area (Å²) in [5, 5.41) is 5.13. The van der Waals surface area contributed by atoms with Gasteiger partial charge in [-0.05, 0) is 30.3 Å².